The molecule has 1 aromatic carbocycles. The lowest BCUT2D eigenvalue weighted by atomic mass is 10.2. The highest BCUT2D eigenvalue weighted by molar-refractivity contribution is 6.32. The van der Waals surface area contributed by atoms with Crippen molar-refractivity contribution in [2.24, 2.45) is 7.05 Å². The first-order chi connectivity index (χ1) is 11.5. The van der Waals surface area contributed by atoms with Crippen LogP contribution in [0.15, 0.2) is 41.1 Å². The fourth-order valence-electron chi connectivity index (χ4n) is 2.11. The first kappa shape index (κ1) is 16.1. The summed E-state index contributed by atoms with van der Waals surface area (Å²) in [7, 11) is 1.76. The second kappa shape index (κ2) is 6.76. The van der Waals surface area contributed by atoms with Crippen molar-refractivity contribution >= 4 is 23.3 Å². The maximum absolute atomic E-state index is 12.4. The molecule has 0 saturated carbocycles. The molecule has 3 rings (SSSR count). The normalized spacial score (nSPS) is 10.6. The van der Waals surface area contributed by atoms with E-state index in [1.807, 2.05) is 12.1 Å². The molecule has 1 N–H and O–H groups in total. The number of carbonyl (C=O) groups is 1. The van der Waals surface area contributed by atoms with Gasteiger partial charge in [-0.05, 0) is 19.1 Å². The zero-order valence-electron chi connectivity index (χ0n) is 13.1. The fourth-order valence-corrected chi connectivity index (χ4v) is 2.30. The van der Waals surface area contributed by atoms with Gasteiger partial charge in [0, 0.05) is 19.3 Å². The van der Waals surface area contributed by atoms with Crippen LogP contribution >= 0.6 is 11.6 Å². The number of aromatic nitrogens is 3. The van der Waals surface area contributed by atoms with Gasteiger partial charge in [0.1, 0.15) is 18.1 Å². The number of rotatable bonds is 5. The van der Waals surface area contributed by atoms with Gasteiger partial charge in [0.25, 0.3) is 5.91 Å². The van der Waals surface area contributed by atoms with Gasteiger partial charge in [0.15, 0.2) is 11.5 Å². The molecule has 124 valence electrons. The van der Waals surface area contributed by atoms with Crippen molar-refractivity contribution in [2.45, 2.75) is 13.5 Å². The predicted molar refractivity (Wildman–Crippen MR) is 88.2 cm³/mol. The number of hydrogen-bond donors (Lipinski definition) is 1. The van der Waals surface area contributed by atoms with E-state index in [1.165, 1.54) is 0 Å². The van der Waals surface area contributed by atoms with Crippen LogP contribution in [0.25, 0.3) is 0 Å². The summed E-state index contributed by atoms with van der Waals surface area (Å²) in [5.41, 5.74) is 0.716. The highest BCUT2D eigenvalue weighted by atomic mass is 35.5. The molecule has 0 aliphatic heterocycles. The minimum Gasteiger partial charge on any atom is -0.487 e. The summed E-state index contributed by atoms with van der Waals surface area (Å²) in [6, 6.07) is 8.79. The lowest BCUT2D eigenvalue weighted by Gasteiger charge is -2.08. The Morgan fingerprint density at radius 2 is 2.17 bits per heavy atom. The third kappa shape index (κ3) is 3.41. The van der Waals surface area contributed by atoms with Gasteiger partial charge < -0.3 is 14.6 Å². The molecule has 0 radical (unpaired) electrons. The molecule has 0 bridgehead atoms. The summed E-state index contributed by atoms with van der Waals surface area (Å²) >= 11 is 6.06. The van der Waals surface area contributed by atoms with Crippen LogP contribution < -0.4 is 10.1 Å². The zero-order chi connectivity index (χ0) is 17.1. The zero-order valence-corrected chi connectivity index (χ0v) is 13.9. The fraction of sp³-hybridized carbons (Fsp3) is 0.188. The van der Waals surface area contributed by atoms with E-state index in [-0.39, 0.29) is 12.3 Å². The highest BCUT2D eigenvalue weighted by Crippen LogP contribution is 2.25. The maximum Gasteiger partial charge on any atom is 0.279 e. The number of hydrogen-bond acceptors (Lipinski definition) is 5. The number of benzene rings is 1. The number of anilines is 1. The van der Waals surface area contributed by atoms with Crippen molar-refractivity contribution in [3.05, 3.63) is 58.6 Å². The lowest BCUT2D eigenvalue weighted by Crippen LogP contribution is -2.16. The van der Waals surface area contributed by atoms with E-state index in [0.717, 1.165) is 0 Å². The quantitative estimate of drug-likeness (QED) is 0.767. The Labute approximate surface area is 143 Å². The van der Waals surface area contributed by atoms with Gasteiger partial charge in [-0.15, -0.1) is 0 Å². The molecule has 2 heterocycles. The average Bonchev–Trinajstić information content (AvgIpc) is 3.12. The van der Waals surface area contributed by atoms with E-state index in [2.05, 4.69) is 15.6 Å². The molecule has 7 nitrogen and oxygen atoms in total. The number of carbonyl (C=O) groups excluding carboxylic acids is 1. The molecular weight excluding hydrogens is 332 g/mol. The Kier molecular flexibility index (Phi) is 4.52. The third-order valence-corrected chi connectivity index (χ3v) is 3.68. The van der Waals surface area contributed by atoms with Gasteiger partial charge >= 0.3 is 0 Å². The summed E-state index contributed by atoms with van der Waals surface area (Å²) < 4.78 is 12.4. The van der Waals surface area contributed by atoms with Crippen molar-refractivity contribution in [1.82, 2.24) is 14.9 Å². The van der Waals surface area contributed by atoms with Crippen LogP contribution in [0.3, 0.4) is 0 Å². The molecular formula is C16H15ClN4O3. The number of ether oxygens (including phenoxy) is 1. The van der Waals surface area contributed by atoms with E-state index in [0.29, 0.717) is 27.9 Å². The van der Waals surface area contributed by atoms with Crippen molar-refractivity contribution < 1.29 is 14.1 Å². The molecule has 3 aromatic rings. The summed E-state index contributed by atoms with van der Waals surface area (Å²) in [6.45, 7) is 1.83. The number of halogens is 1. The largest absolute Gasteiger partial charge is 0.487 e. The highest BCUT2D eigenvalue weighted by Gasteiger charge is 2.21. The molecule has 24 heavy (non-hydrogen) atoms. The van der Waals surface area contributed by atoms with E-state index in [1.54, 1.807) is 43.0 Å². The summed E-state index contributed by atoms with van der Waals surface area (Å²) in [4.78, 5) is 12.4. The molecule has 0 aliphatic carbocycles. The lowest BCUT2D eigenvalue weighted by molar-refractivity contribution is 0.101. The second-order valence-electron chi connectivity index (χ2n) is 5.11. The van der Waals surface area contributed by atoms with Crippen LogP contribution in [0.4, 0.5) is 5.82 Å². The number of nitrogens with zero attached hydrogens (tertiary/aromatic N) is 3. The first-order valence-corrected chi connectivity index (χ1v) is 7.56. The molecule has 0 spiro atoms. The minimum absolute atomic E-state index is 0.115. The average molecular weight is 347 g/mol. The Morgan fingerprint density at radius 1 is 1.38 bits per heavy atom. The van der Waals surface area contributed by atoms with Gasteiger partial charge in [-0.2, -0.15) is 5.10 Å². The molecule has 0 fully saturated rings. The SMILES string of the molecule is Cc1onc(C(=O)Nc2ccn(C)n2)c1COc1ccccc1Cl. The van der Waals surface area contributed by atoms with Gasteiger partial charge in [-0.3, -0.25) is 9.48 Å². The van der Waals surface area contributed by atoms with E-state index >= 15 is 0 Å². The maximum atomic E-state index is 12.4. The van der Waals surface area contributed by atoms with Crippen molar-refractivity contribution in [3.8, 4) is 5.75 Å². The van der Waals surface area contributed by atoms with Gasteiger partial charge in [0.05, 0.1) is 10.6 Å². The molecule has 0 unspecified atom stereocenters. The molecule has 2 aromatic heterocycles. The number of aryl methyl sites for hydroxylation is 2. The molecule has 1 amide bonds. The monoisotopic (exact) mass is 346 g/mol. The number of nitrogens with one attached hydrogen (secondary N) is 1. The van der Waals surface area contributed by atoms with Gasteiger partial charge in [-0.1, -0.05) is 28.9 Å². The van der Waals surface area contributed by atoms with Crippen LogP contribution in [0.1, 0.15) is 21.8 Å². The minimum atomic E-state index is -0.414. The van der Waals surface area contributed by atoms with Gasteiger partial charge in [-0.25, -0.2) is 0 Å². The van der Waals surface area contributed by atoms with E-state index in [9.17, 15) is 4.79 Å². The van der Waals surface area contributed by atoms with Crippen molar-refractivity contribution in [1.29, 1.82) is 0 Å². The summed E-state index contributed by atoms with van der Waals surface area (Å²) in [5, 5.41) is 11.1. The molecule has 0 aliphatic rings. The van der Waals surface area contributed by atoms with Crippen LogP contribution in [0, 0.1) is 6.92 Å². The Balaban J connectivity index is 1.76. The third-order valence-electron chi connectivity index (χ3n) is 3.36. The second-order valence-corrected chi connectivity index (χ2v) is 5.52. The van der Waals surface area contributed by atoms with Crippen molar-refractivity contribution in [3.63, 3.8) is 0 Å². The predicted octanol–water partition coefficient (Wildman–Crippen LogP) is 3.20. The standard InChI is InChI=1S/C16H15ClN4O3/c1-10-11(9-23-13-6-4-3-5-12(13)17)15(20-24-10)16(22)18-14-7-8-21(2)19-14/h3-8H,9H2,1-2H3,(H,18,19,22). The van der Waals surface area contributed by atoms with Crippen molar-refractivity contribution in [2.75, 3.05) is 5.32 Å². The topological polar surface area (TPSA) is 82.2 Å². The summed E-state index contributed by atoms with van der Waals surface area (Å²) in [5.74, 6) is 1.05. The Hall–Kier alpha value is -2.80. The van der Waals surface area contributed by atoms with E-state index in [4.69, 9.17) is 20.9 Å². The number of amides is 1. The summed E-state index contributed by atoms with van der Waals surface area (Å²) in [6.07, 6.45) is 1.73. The Bertz CT molecular complexity index is 872. The van der Waals surface area contributed by atoms with Crippen LogP contribution in [-0.2, 0) is 13.7 Å². The van der Waals surface area contributed by atoms with Crippen LogP contribution in [-0.4, -0.2) is 20.8 Å². The van der Waals surface area contributed by atoms with Gasteiger partial charge in [0.2, 0.25) is 0 Å². The van der Waals surface area contributed by atoms with Crippen LogP contribution in [0.2, 0.25) is 5.02 Å². The molecule has 0 saturated heterocycles. The number of para-hydroxylation sites is 1. The van der Waals surface area contributed by atoms with Crippen LogP contribution in [0.5, 0.6) is 5.75 Å². The molecule has 0 atom stereocenters. The molecule has 8 heteroatoms. The first-order valence-electron chi connectivity index (χ1n) is 7.18. The van der Waals surface area contributed by atoms with E-state index < -0.39 is 5.91 Å². The smallest absolute Gasteiger partial charge is 0.279 e. The Morgan fingerprint density at radius 3 is 2.88 bits per heavy atom.